The van der Waals surface area contributed by atoms with Crippen LogP contribution >= 0.6 is 0 Å². The Morgan fingerprint density at radius 2 is 1.48 bits per heavy atom. The largest absolute Gasteiger partial charge is 0.504 e. The van der Waals surface area contributed by atoms with Crippen molar-refractivity contribution in [1.29, 1.82) is 0 Å². The van der Waals surface area contributed by atoms with Crippen molar-refractivity contribution in [2.75, 3.05) is 27.9 Å². The van der Waals surface area contributed by atoms with Gasteiger partial charge < -0.3 is 73.3 Å². The number of hydrogen-bond acceptors (Lipinski definition) is 16. The van der Waals surface area contributed by atoms with Gasteiger partial charge in [0.15, 0.2) is 23.5 Å². The van der Waals surface area contributed by atoms with Crippen LogP contribution in [-0.2, 0) is 14.2 Å². The summed E-state index contributed by atoms with van der Waals surface area (Å²) >= 11 is 0. The molecule has 0 saturated carbocycles. The lowest BCUT2D eigenvalue weighted by Crippen LogP contribution is -2.64. The third kappa shape index (κ3) is 5.94. The molecule has 2 aromatic carbocycles. The number of benzene rings is 2. The average Bonchev–Trinajstić information content (AvgIpc) is 3.05. The molecule has 0 bridgehead atoms. The molecule has 7 N–H and O–H groups in total. The third-order valence-electron chi connectivity index (χ3n) is 7.96. The zero-order valence-corrected chi connectivity index (χ0v) is 25.2. The summed E-state index contributed by atoms with van der Waals surface area (Å²) in [6.07, 6.45) is -15.7. The van der Waals surface area contributed by atoms with Crippen LogP contribution in [0.3, 0.4) is 0 Å². The Bertz CT molecular complexity index is 1570. The summed E-state index contributed by atoms with van der Waals surface area (Å²) in [5.74, 6) is -0.934. The molecule has 5 rings (SSSR count). The van der Waals surface area contributed by atoms with Crippen LogP contribution in [0.5, 0.6) is 28.7 Å². The highest BCUT2D eigenvalue weighted by atomic mass is 16.7. The zero-order chi connectivity index (χ0) is 33.4. The highest BCUT2D eigenvalue weighted by Gasteiger charge is 2.51. The van der Waals surface area contributed by atoms with Crippen LogP contribution < -0.4 is 24.4 Å². The number of hydrogen-bond donors (Lipinski definition) is 7. The summed E-state index contributed by atoms with van der Waals surface area (Å²) in [7, 11) is 3.95. The second-order valence-corrected chi connectivity index (χ2v) is 10.8. The van der Waals surface area contributed by atoms with E-state index in [2.05, 4.69) is 0 Å². The fourth-order valence-electron chi connectivity index (χ4n) is 5.40. The van der Waals surface area contributed by atoms with Crippen LogP contribution in [0, 0.1) is 0 Å². The van der Waals surface area contributed by atoms with E-state index >= 15 is 0 Å². The second-order valence-electron chi connectivity index (χ2n) is 10.8. The van der Waals surface area contributed by atoms with E-state index in [0.29, 0.717) is 11.3 Å². The topological polar surface area (TPSA) is 236 Å². The molecule has 0 unspecified atom stereocenters. The van der Waals surface area contributed by atoms with Crippen molar-refractivity contribution in [3.63, 3.8) is 0 Å². The van der Waals surface area contributed by atoms with E-state index in [9.17, 15) is 40.5 Å². The van der Waals surface area contributed by atoms with Gasteiger partial charge >= 0.3 is 0 Å². The quantitative estimate of drug-likeness (QED) is 0.150. The monoisotopic (exact) mass is 652 g/mol. The average molecular weight is 653 g/mol. The maximum atomic E-state index is 13.5. The van der Waals surface area contributed by atoms with Crippen LogP contribution in [0.2, 0.25) is 0 Å². The molecule has 2 aliphatic heterocycles. The molecular formula is C30H36O16. The van der Waals surface area contributed by atoms with Gasteiger partial charge in [-0.25, -0.2) is 0 Å². The van der Waals surface area contributed by atoms with Gasteiger partial charge in [-0.2, -0.15) is 0 Å². The van der Waals surface area contributed by atoms with Gasteiger partial charge in [0.25, 0.3) is 0 Å². The Hall–Kier alpha value is -3.71. The van der Waals surface area contributed by atoms with Gasteiger partial charge in [0, 0.05) is 11.6 Å². The third-order valence-corrected chi connectivity index (χ3v) is 7.96. The molecule has 0 spiro atoms. The normalized spacial score (nSPS) is 31.4. The van der Waals surface area contributed by atoms with Crippen LogP contribution in [0.1, 0.15) is 6.92 Å². The summed E-state index contributed by atoms with van der Waals surface area (Å²) in [6.45, 7) is 0.654. The Balaban J connectivity index is 1.52. The van der Waals surface area contributed by atoms with Crippen LogP contribution in [0.4, 0.5) is 0 Å². The number of aromatic hydroxyl groups is 1. The highest BCUT2D eigenvalue weighted by molar-refractivity contribution is 5.91. The number of aliphatic hydroxyl groups is 6. The van der Waals surface area contributed by atoms with Crippen molar-refractivity contribution in [2.24, 2.45) is 0 Å². The first kappa shape index (κ1) is 33.6. The number of phenols is 1. The maximum absolute atomic E-state index is 13.5. The van der Waals surface area contributed by atoms with Crippen LogP contribution in [0.25, 0.3) is 22.3 Å². The number of phenolic OH excluding ortho intramolecular Hbond substituents is 1. The van der Waals surface area contributed by atoms with E-state index in [1.807, 2.05) is 0 Å². The number of ether oxygens (including phenoxy) is 7. The molecule has 16 nitrogen and oxygen atoms in total. The number of methoxy groups -OCH3 is 3. The molecule has 3 aromatic rings. The van der Waals surface area contributed by atoms with Gasteiger partial charge in [-0.1, -0.05) is 0 Å². The van der Waals surface area contributed by atoms with Gasteiger partial charge in [-0.3, -0.25) is 4.79 Å². The van der Waals surface area contributed by atoms with E-state index in [1.165, 1.54) is 34.3 Å². The molecule has 2 saturated heterocycles. The Morgan fingerprint density at radius 3 is 2.09 bits per heavy atom. The zero-order valence-electron chi connectivity index (χ0n) is 25.2. The number of fused-ring (bicyclic) bond motifs is 1. The van der Waals surface area contributed by atoms with Crippen LogP contribution in [0.15, 0.2) is 39.5 Å². The Morgan fingerprint density at radius 1 is 0.804 bits per heavy atom. The lowest BCUT2D eigenvalue weighted by molar-refractivity contribution is -0.349. The van der Waals surface area contributed by atoms with Gasteiger partial charge in [0.05, 0.1) is 34.0 Å². The number of rotatable bonds is 9. The second kappa shape index (κ2) is 13.6. The summed E-state index contributed by atoms with van der Waals surface area (Å²) in [4.78, 5) is 13.5. The molecule has 252 valence electrons. The predicted octanol–water partition coefficient (Wildman–Crippen LogP) is -0.778. The van der Waals surface area contributed by atoms with Crippen LogP contribution in [-0.4, -0.2) is 125 Å². The SMILES string of the molecule is COc1ccc(-c2oc3cc(O[C@H]4O[C@H](CO)[C@@H](O)[C@@H](O[C@H]5O[C@H](C)[C@@H](O)[C@H](O)[C@H]5O)[C@@H]4O)c(OC)c(O)c3c(=O)c2OC)cc1. The van der Waals surface area contributed by atoms with Gasteiger partial charge in [0.1, 0.15) is 59.4 Å². The van der Waals surface area contributed by atoms with Gasteiger partial charge in [0.2, 0.25) is 23.2 Å². The van der Waals surface area contributed by atoms with Crippen molar-refractivity contribution in [3.05, 3.63) is 40.6 Å². The smallest absolute Gasteiger partial charge is 0.239 e. The van der Waals surface area contributed by atoms with E-state index in [4.69, 9.17) is 37.6 Å². The molecule has 0 amide bonds. The molecule has 3 heterocycles. The molecule has 0 radical (unpaired) electrons. The fourth-order valence-corrected chi connectivity index (χ4v) is 5.40. The molecule has 2 aliphatic rings. The highest BCUT2D eigenvalue weighted by Crippen LogP contribution is 2.45. The van der Waals surface area contributed by atoms with Crippen molar-refractivity contribution in [3.8, 4) is 40.1 Å². The van der Waals surface area contributed by atoms with E-state index in [1.54, 1.807) is 24.3 Å². The van der Waals surface area contributed by atoms with Crippen molar-refractivity contribution in [1.82, 2.24) is 0 Å². The van der Waals surface area contributed by atoms with E-state index in [0.717, 1.165) is 0 Å². The standard InChI is InChI=1S/C30H36O16/c1-11-18(32)22(36)23(37)29(42-11)46-27-19(33)16(10-31)45-30(24(27)38)44-15-9-14-17(20(34)26(15)40-3)21(35)28(41-4)25(43-14)12-5-7-13(39-2)8-6-12/h5-9,11,16,18-19,22-24,27,29-34,36-38H,10H2,1-4H3/t11-,16-,18-,19-,22+,23-,24+,27-,29-,30+/m1/s1. The summed E-state index contributed by atoms with van der Waals surface area (Å²) < 4.78 is 44.4. The van der Waals surface area contributed by atoms with Gasteiger partial charge in [-0.05, 0) is 31.2 Å². The molecule has 16 heteroatoms. The van der Waals surface area contributed by atoms with E-state index < -0.39 is 79.2 Å². The van der Waals surface area contributed by atoms with Crippen molar-refractivity contribution in [2.45, 2.75) is 68.3 Å². The first-order valence-corrected chi connectivity index (χ1v) is 14.2. The first-order chi connectivity index (χ1) is 21.9. The molecular weight excluding hydrogens is 616 g/mol. The van der Waals surface area contributed by atoms with Gasteiger partial charge in [-0.15, -0.1) is 0 Å². The predicted molar refractivity (Wildman–Crippen MR) is 155 cm³/mol. The minimum absolute atomic E-state index is 0.0247. The number of aliphatic hydroxyl groups excluding tert-OH is 6. The first-order valence-electron chi connectivity index (χ1n) is 14.2. The van der Waals surface area contributed by atoms with E-state index in [-0.39, 0.29) is 34.0 Å². The molecule has 46 heavy (non-hydrogen) atoms. The molecule has 1 aromatic heterocycles. The molecule has 10 atom stereocenters. The summed E-state index contributed by atoms with van der Waals surface area (Å²) in [5, 5.41) is 73.3. The fraction of sp³-hybridized carbons (Fsp3) is 0.500. The minimum atomic E-state index is -1.84. The maximum Gasteiger partial charge on any atom is 0.239 e. The summed E-state index contributed by atoms with van der Waals surface area (Å²) in [5.41, 5.74) is -0.448. The Kier molecular flexibility index (Phi) is 9.92. The van der Waals surface area contributed by atoms with Crippen molar-refractivity contribution >= 4 is 11.0 Å². The molecule has 2 fully saturated rings. The lowest BCUT2D eigenvalue weighted by atomic mass is 9.97. The minimum Gasteiger partial charge on any atom is -0.504 e. The Labute approximate surface area is 261 Å². The van der Waals surface area contributed by atoms with Crippen molar-refractivity contribution < 1.29 is 73.3 Å². The molecule has 0 aliphatic carbocycles. The summed E-state index contributed by atoms with van der Waals surface area (Å²) in [6, 6.07) is 7.76. The lowest BCUT2D eigenvalue weighted by Gasteiger charge is -2.45.